The van der Waals surface area contributed by atoms with E-state index in [1.807, 2.05) is 47.2 Å². The van der Waals surface area contributed by atoms with Crippen LogP contribution in [0.5, 0.6) is 0 Å². The Bertz CT molecular complexity index is 962. The number of para-hydroxylation sites is 1. The van der Waals surface area contributed by atoms with E-state index < -0.39 is 0 Å². The lowest BCUT2D eigenvalue weighted by molar-refractivity contribution is -0.121. The van der Waals surface area contributed by atoms with Crippen molar-refractivity contribution in [1.82, 2.24) is 9.88 Å². The van der Waals surface area contributed by atoms with Gasteiger partial charge in [-0.25, -0.2) is 0 Å². The third-order valence-electron chi connectivity index (χ3n) is 5.16. The van der Waals surface area contributed by atoms with E-state index in [9.17, 15) is 9.59 Å². The Hall–Kier alpha value is -2.88. The molecule has 1 aromatic heterocycles. The molecule has 1 N–H and O–H groups in total. The summed E-state index contributed by atoms with van der Waals surface area (Å²) in [7, 11) is 0. The van der Waals surface area contributed by atoms with Crippen molar-refractivity contribution in [2.45, 2.75) is 38.8 Å². The molecule has 0 fully saturated rings. The normalized spacial score (nSPS) is 13.7. The minimum absolute atomic E-state index is 0.0492. The second-order valence-corrected chi connectivity index (χ2v) is 7.00. The largest absolute Gasteiger partial charge is 0.353 e. The average molecular weight is 346 g/mol. The van der Waals surface area contributed by atoms with Gasteiger partial charge in [-0.1, -0.05) is 42.5 Å². The molecule has 26 heavy (non-hydrogen) atoms. The number of hydrogen-bond donors (Lipinski definition) is 1. The first-order chi connectivity index (χ1) is 12.6. The highest BCUT2D eigenvalue weighted by Gasteiger charge is 2.22. The molecular weight excluding hydrogens is 324 g/mol. The van der Waals surface area contributed by atoms with Gasteiger partial charge in [0.25, 0.3) is 0 Å². The standard InChI is InChI=1S/C22H22N2O2/c1-15(25)20-14-24(21-9-5-4-8-19(20)21)11-10-22(26)23-18-12-16-6-2-3-7-17(16)13-18/h2-9,14,18H,10-13H2,1H3,(H,23,26). The smallest absolute Gasteiger partial charge is 0.222 e. The number of carbonyl (C=O) groups is 2. The molecule has 1 aliphatic carbocycles. The first-order valence-corrected chi connectivity index (χ1v) is 9.07. The molecule has 0 saturated carbocycles. The second kappa shape index (κ2) is 6.79. The van der Waals surface area contributed by atoms with Gasteiger partial charge in [0.15, 0.2) is 5.78 Å². The molecule has 0 unspecified atom stereocenters. The van der Waals surface area contributed by atoms with Gasteiger partial charge in [-0.15, -0.1) is 0 Å². The number of aryl methyl sites for hydroxylation is 1. The lowest BCUT2D eigenvalue weighted by Gasteiger charge is -2.12. The summed E-state index contributed by atoms with van der Waals surface area (Å²) in [5, 5.41) is 4.11. The maximum Gasteiger partial charge on any atom is 0.222 e. The van der Waals surface area contributed by atoms with E-state index in [4.69, 9.17) is 0 Å². The van der Waals surface area contributed by atoms with Gasteiger partial charge in [-0.05, 0) is 37.0 Å². The van der Waals surface area contributed by atoms with Crippen LogP contribution < -0.4 is 5.32 Å². The highest BCUT2D eigenvalue weighted by molar-refractivity contribution is 6.06. The molecule has 2 aromatic carbocycles. The molecule has 1 aliphatic rings. The van der Waals surface area contributed by atoms with E-state index in [0.717, 1.165) is 23.7 Å². The monoisotopic (exact) mass is 346 g/mol. The van der Waals surface area contributed by atoms with Crippen LogP contribution in [0.15, 0.2) is 54.7 Å². The molecule has 4 heteroatoms. The molecule has 0 bridgehead atoms. The first kappa shape index (κ1) is 16.6. The maximum absolute atomic E-state index is 12.4. The summed E-state index contributed by atoms with van der Waals surface area (Å²) in [6.45, 7) is 2.15. The Balaban J connectivity index is 1.41. The summed E-state index contributed by atoms with van der Waals surface area (Å²) in [5.74, 6) is 0.109. The van der Waals surface area contributed by atoms with Gasteiger partial charge in [-0.3, -0.25) is 9.59 Å². The number of carbonyl (C=O) groups excluding carboxylic acids is 2. The van der Waals surface area contributed by atoms with E-state index in [-0.39, 0.29) is 17.7 Å². The number of amides is 1. The number of benzene rings is 2. The molecule has 0 radical (unpaired) electrons. The molecule has 4 nitrogen and oxygen atoms in total. The number of rotatable bonds is 5. The summed E-state index contributed by atoms with van der Waals surface area (Å²) < 4.78 is 2.01. The van der Waals surface area contributed by atoms with Crippen LogP contribution in [0.2, 0.25) is 0 Å². The predicted molar refractivity (Wildman–Crippen MR) is 102 cm³/mol. The Kier molecular flexibility index (Phi) is 4.33. The second-order valence-electron chi connectivity index (χ2n) is 7.00. The fourth-order valence-electron chi connectivity index (χ4n) is 3.90. The lowest BCUT2D eigenvalue weighted by Crippen LogP contribution is -2.35. The fraction of sp³-hybridized carbons (Fsp3) is 0.273. The zero-order valence-corrected chi connectivity index (χ0v) is 14.9. The molecule has 0 atom stereocenters. The molecule has 3 aromatic rings. The van der Waals surface area contributed by atoms with E-state index in [1.165, 1.54) is 11.1 Å². The van der Waals surface area contributed by atoms with Crippen LogP contribution in [0.25, 0.3) is 10.9 Å². The van der Waals surface area contributed by atoms with Crippen molar-refractivity contribution in [3.8, 4) is 0 Å². The van der Waals surface area contributed by atoms with Gasteiger partial charge in [0.2, 0.25) is 5.91 Å². The van der Waals surface area contributed by atoms with Gasteiger partial charge in [0.1, 0.15) is 0 Å². The van der Waals surface area contributed by atoms with Crippen LogP contribution in [0.4, 0.5) is 0 Å². The highest BCUT2D eigenvalue weighted by Crippen LogP contribution is 2.23. The zero-order chi connectivity index (χ0) is 18.1. The number of hydrogen-bond acceptors (Lipinski definition) is 2. The molecule has 0 spiro atoms. The van der Waals surface area contributed by atoms with Crippen molar-refractivity contribution >= 4 is 22.6 Å². The van der Waals surface area contributed by atoms with Crippen molar-refractivity contribution in [3.63, 3.8) is 0 Å². The number of ketones is 1. The van der Waals surface area contributed by atoms with E-state index in [2.05, 4.69) is 17.4 Å². The molecule has 1 amide bonds. The summed E-state index contributed by atoms with van der Waals surface area (Å²) in [5.41, 5.74) is 4.38. The van der Waals surface area contributed by atoms with E-state index in [0.29, 0.717) is 18.5 Å². The van der Waals surface area contributed by atoms with Crippen LogP contribution in [0.1, 0.15) is 34.8 Å². The van der Waals surface area contributed by atoms with Crippen molar-refractivity contribution < 1.29 is 9.59 Å². The first-order valence-electron chi connectivity index (χ1n) is 9.07. The van der Waals surface area contributed by atoms with E-state index >= 15 is 0 Å². The number of nitrogens with zero attached hydrogens (tertiary/aromatic N) is 1. The van der Waals surface area contributed by atoms with Crippen molar-refractivity contribution in [3.05, 3.63) is 71.4 Å². The van der Waals surface area contributed by atoms with E-state index in [1.54, 1.807) is 6.92 Å². The van der Waals surface area contributed by atoms with Crippen LogP contribution in [0, 0.1) is 0 Å². The quantitative estimate of drug-likeness (QED) is 0.719. The minimum atomic E-state index is 0.0492. The fourth-order valence-corrected chi connectivity index (χ4v) is 3.90. The molecule has 132 valence electrons. The zero-order valence-electron chi connectivity index (χ0n) is 14.9. The van der Waals surface area contributed by atoms with Crippen molar-refractivity contribution in [1.29, 1.82) is 0 Å². The number of aromatic nitrogens is 1. The molecule has 0 aliphatic heterocycles. The number of fused-ring (bicyclic) bond motifs is 2. The average Bonchev–Trinajstić information content (AvgIpc) is 3.20. The van der Waals surface area contributed by atoms with Crippen LogP contribution in [-0.2, 0) is 24.2 Å². The van der Waals surface area contributed by atoms with Gasteiger partial charge < -0.3 is 9.88 Å². The van der Waals surface area contributed by atoms with Crippen molar-refractivity contribution in [2.75, 3.05) is 0 Å². The third kappa shape index (κ3) is 3.15. The summed E-state index contributed by atoms with van der Waals surface area (Å²) in [6.07, 6.45) is 4.08. The maximum atomic E-state index is 12.4. The SMILES string of the molecule is CC(=O)c1cn(CCC(=O)NC2Cc3ccccc3C2)c2ccccc12. The minimum Gasteiger partial charge on any atom is -0.353 e. The molecule has 0 saturated heterocycles. The lowest BCUT2D eigenvalue weighted by atomic mass is 10.1. The Labute approximate surface area is 152 Å². The third-order valence-corrected chi connectivity index (χ3v) is 5.16. The molecular formula is C22H22N2O2. The number of nitrogens with one attached hydrogen (secondary N) is 1. The molecule has 1 heterocycles. The number of Topliss-reactive ketones (excluding diaryl/α,β-unsaturated/α-hetero) is 1. The van der Waals surface area contributed by atoms with Crippen LogP contribution in [-0.4, -0.2) is 22.3 Å². The Morgan fingerprint density at radius 1 is 1.04 bits per heavy atom. The van der Waals surface area contributed by atoms with Crippen LogP contribution >= 0.6 is 0 Å². The summed E-state index contributed by atoms with van der Waals surface area (Å²) in [4.78, 5) is 24.3. The molecule has 4 rings (SSSR count). The van der Waals surface area contributed by atoms with Gasteiger partial charge in [0, 0.05) is 41.7 Å². The Morgan fingerprint density at radius 2 is 1.69 bits per heavy atom. The van der Waals surface area contributed by atoms with Crippen molar-refractivity contribution in [2.24, 2.45) is 0 Å². The Morgan fingerprint density at radius 3 is 2.38 bits per heavy atom. The summed E-state index contributed by atoms with van der Waals surface area (Å²) >= 11 is 0. The topological polar surface area (TPSA) is 51.1 Å². The highest BCUT2D eigenvalue weighted by atomic mass is 16.1. The summed E-state index contributed by atoms with van der Waals surface area (Å²) in [6, 6.07) is 16.4. The van der Waals surface area contributed by atoms with Gasteiger partial charge >= 0.3 is 0 Å². The predicted octanol–water partition coefficient (Wildman–Crippen LogP) is 3.52. The van der Waals surface area contributed by atoms with Crippen LogP contribution in [0.3, 0.4) is 0 Å². The van der Waals surface area contributed by atoms with Gasteiger partial charge in [0.05, 0.1) is 0 Å². The van der Waals surface area contributed by atoms with Gasteiger partial charge in [-0.2, -0.15) is 0 Å².